The Hall–Kier alpha value is -1.38. The molecule has 3 unspecified atom stereocenters. The molecule has 3 atom stereocenters. The van der Waals surface area contributed by atoms with Gasteiger partial charge in [0.2, 0.25) is 5.91 Å². The molecule has 1 aromatic carbocycles. The summed E-state index contributed by atoms with van der Waals surface area (Å²) in [6, 6.07) is 10.0. The van der Waals surface area contributed by atoms with Crippen LogP contribution in [0.25, 0.3) is 0 Å². The molecule has 1 aliphatic heterocycles. The summed E-state index contributed by atoms with van der Waals surface area (Å²) in [6.45, 7) is 0.632. The molecule has 1 heterocycles. The Labute approximate surface area is 94.1 Å². The third-order valence-electron chi connectivity index (χ3n) is 3.70. The van der Waals surface area contributed by atoms with Crippen molar-refractivity contribution in [2.45, 2.75) is 31.6 Å². The van der Waals surface area contributed by atoms with Gasteiger partial charge in [-0.05, 0) is 18.4 Å². The molecule has 0 aromatic heterocycles. The van der Waals surface area contributed by atoms with Gasteiger partial charge in [-0.15, -0.1) is 0 Å². The van der Waals surface area contributed by atoms with E-state index in [1.807, 2.05) is 35.2 Å². The van der Waals surface area contributed by atoms with Crippen molar-refractivity contribution >= 4 is 5.91 Å². The van der Waals surface area contributed by atoms with E-state index in [9.17, 15) is 9.18 Å². The number of hydrogen-bond acceptors (Lipinski definition) is 1. The number of piperidine rings is 1. The molecule has 1 amide bonds. The second-order valence-electron chi connectivity index (χ2n) is 4.70. The summed E-state index contributed by atoms with van der Waals surface area (Å²) >= 11 is 0. The summed E-state index contributed by atoms with van der Waals surface area (Å²) in [5, 5.41) is 0. The first-order valence-corrected chi connectivity index (χ1v) is 5.74. The second kappa shape index (κ2) is 3.58. The summed E-state index contributed by atoms with van der Waals surface area (Å²) in [5.74, 6) is -0.346. The van der Waals surface area contributed by atoms with Crippen molar-refractivity contribution in [3.05, 3.63) is 35.9 Å². The average Bonchev–Trinajstić information content (AvgIpc) is 2.80. The van der Waals surface area contributed by atoms with Crippen molar-refractivity contribution in [1.82, 2.24) is 4.90 Å². The number of carbonyl (C=O) groups excluding carboxylic acids is 1. The van der Waals surface area contributed by atoms with Crippen LogP contribution >= 0.6 is 0 Å². The normalized spacial score (nSPS) is 32.4. The summed E-state index contributed by atoms with van der Waals surface area (Å²) in [5.41, 5.74) is 1.12. The van der Waals surface area contributed by atoms with Crippen LogP contribution in [-0.4, -0.2) is 23.0 Å². The number of nitrogens with zero attached hydrogens (tertiary/aromatic N) is 1. The fourth-order valence-corrected chi connectivity index (χ4v) is 2.85. The van der Waals surface area contributed by atoms with E-state index in [0.717, 1.165) is 5.56 Å². The van der Waals surface area contributed by atoms with Crippen LogP contribution in [0.15, 0.2) is 30.3 Å². The van der Waals surface area contributed by atoms with Gasteiger partial charge in [0.25, 0.3) is 0 Å². The van der Waals surface area contributed by atoms with Crippen LogP contribution in [0.3, 0.4) is 0 Å². The lowest BCUT2D eigenvalue weighted by Gasteiger charge is -2.28. The summed E-state index contributed by atoms with van der Waals surface area (Å²) in [6.07, 6.45) is 0.348. The average molecular weight is 219 g/mol. The van der Waals surface area contributed by atoms with E-state index < -0.39 is 6.17 Å². The Morgan fingerprint density at radius 3 is 2.62 bits per heavy atom. The van der Waals surface area contributed by atoms with Crippen molar-refractivity contribution in [2.75, 3.05) is 0 Å². The van der Waals surface area contributed by atoms with Crippen molar-refractivity contribution in [2.24, 2.45) is 5.92 Å². The molecule has 0 N–H and O–H groups in total. The zero-order chi connectivity index (χ0) is 11.1. The number of alkyl halides is 1. The van der Waals surface area contributed by atoms with E-state index in [-0.39, 0.29) is 17.9 Å². The van der Waals surface area contributed by atoms with Gasteiger partial charge in [0.05, 0.1) is 5.92 Å². The number of halogens is 1. The lowest BCUT2D eigenvalue weighted by molar-refractivity contribution is -0.137. The van der Waals surface area contributed by atoms with E-state index in [1.165, 1.54) is 0 Å². The van der Waals surface area contributed by atoms with Gasteiger partial charge in [0.1, 0.15) is 6.17 Å². The number of amides is 1. The molecule has 0 spiro atoms. The fraction of sp³-hybridized carbons (Fsp3) is 0.462. The van der Waals surface area contributed by atoms with Gasteiger partial charge in [-0.3, -0.25) is 4.79 Å². The number of benzene rings is 1. The van der Waals surface area contributed by atoms with Crippen molar-refractivity contribution in [1.29, 1.82) is 0 Å². The van der Waals surface area contributed by atoms with E-state index in [0.29, 0.717) is 19.4 Å². The maximum Gasteiger partial charge on any atom is 0.229 e. The highest BCUT2D eigenvalue weighted by molar-refractivity contribution is 5.83. The molecule has 0 radical (unpaired) electrons. The maximum absolute atomic E-state index is 13.3. The van der Waals surface area contributed by atoms with Crippen LogP contribution in [0.1, 0.15) is 18.4 Å². The van der Waals surface area contributed by atoms with Gasteiger partial charge in [-0.25, -0.2) is 4.39 Å². The van der Waals surface area contributed by atoms with Crippen LogP contribution in [0, 0.1) is 5.92 Å². The molecular weight excluding hydrogens is 205 g/mol. The summed E-state index contributed by atoms with van der Waals surface area (Å²) < 4.78 is 13.3. The Morgan fingerprint density at radius 2 is 2.00 bits per heavy atom. The molecule has 84 valence electrons. The molecule has 1 aromatic rings. The van der Waals surface area contributed by atoms with E-state index in [1.54, 1.807) is 0 Å². The SMILES string of the molecule is O=C1C2CC(CC2F)N1Cc1ccccc1. The van der Waals surface area contributed by atoms with Crippen LogP contribution < -0.4 is 0 Å². The summed E-state index contributed by atoms with van der Waals surface area (Å²) in [4.78, 5) is 13.7. The number of fused-ring (bicyclic) bond motifs is 2. The van der Waals surface area contributed by atoms with E-state index in [4.69, 9.17) is 0 Å². The molecule has 3 heteroatoms. The van der Waals surface area contributed by atoms with Gasteiger partial charge >= 0.3 is 0 Å². The molecular formula is C13H14FNO. The minimum Gasteiger partial charge on any atom is -0.335 e. The predicted octanol–water partition coefficient (Wildman–Crippen LogP) is 2.15. The van der Waals surface area contributed by atoms with Gasteiger partial charge < -0.3 is 4.90 Å². The highest BCUT2D eigenvalue weighted by atomic mass is 19.1. The number of carbonyl (C=O) groups is 1. The fourth-order valence-electron chi connectivity index (χ4n) is 2.85. The minimum atomic E-state index is -0.899. The minimum absolute atomic E-state index is 0.00704. The smallest absolute Gasteiger partial charge is 0.229 e. The monoisotopic (exact) mass is 219 g/mol. The van der Waals surface area contributed by atoms with Crippen molar-refractivity contribution < 1.29 is 9.18 Å². The standard InChI is InChI=1S/C13H14FNO/c14-12-7-10-6-11(12)13(16)15(10)8-9-4-2-1-3-5-9/h1-5,10-12H,6-8H2. The van der Waals surface area contributed by atoms with E-state index >= 15 is 0 Å². The Morgan fingerprint density at radius 1 is 1.25 bits per heavy atom. The maximum atomic E-state index is 13.3. The lowest BCUT2D eigenvalue weighted by Crippen LogP contribution is -2.40. The first-order chi connectivity index (χ1) is 7.75. The van der Waals surface area contributed by atoms with Gasteiger partial charge in [0, 0.05) is 12.6 Å². The first-order valence-electron chi connectivity index (χ1n) is 5.74. The third-order valence-corrected chi connectivity index (χ3v) is 3.70. The Bertz CT molecular complexity index is 406. The molecule has 2 bridgehead atoms. The zero-order valence-electron chi connectivity index (χ0n) is 8.97. The van der Waals surface area contributed by atoms with Gasteiger partial charge in [-0.1, -0.05) is 30.3 Å². The summed E-state index contributed by atoms with van der Waals surface area (Å²) in [7, 11) is 0. The predicted molar refractivity (Wildman–Crippen MR) is 58.4 cm³/mol. The zero-order valence-corrected chi connectivity index (χ0v) is 8.97. The van der Waals surface area contributed by atoms with Crippen molar-refractivity contribution in [3.63, 3.8) is 0 Å². The van der Waals surface area contributed by atoms with Gasteiger partial charge in [-0.2, -0.15) is 0 Å². The Balaban J connectivity index is 1.76. The molecule has 2 fully saturated rings. The molecule has 2 aliphatic rings. The highest BCUT2D eigenvalue weighted by Gasteiger charge is 2.50. The lowest BCUT2D eigenvalue weighted by atomic mass is 10.1. The van der Waals surface area contributed by atoms with Crippen LogP contribution in [0.4, 0.5) is 4.39 Å². The Kier molecular flexibility index (Phi) is 2.20. The molecule has 16 heavy (non-hydrogen) atoms. The topological polar surface area (TPSA) is 20.3 Å². The highest BCUT2D eigenvalue weighted by Crippen LogP contribution is 2.41. The first kappa shape index (κ1) is 9.82. The van der Waals surface area contributed by atoms with Crippen LogP contribution in [-0.2, 0) is 11.3 Å². The third kappa shape index (κ3) is 1.42. The molecule has 1 saturated heterocycles. The molecule has 2 nitrogen and oxygen atoms in total. The number of likely N-dealkylation sites (tertiary alicyclic amines) is 1. The van der Waals surface area contributed by atoms with E-state index in [2.05, 4.69) is 0 Å². The largest absolute Gasteiger partial charge is 0.335 e. The van der Waals surface area contributed by atoms with Crippen molar-refractivity contribution in [3.8, 4) is 0 Å². The number of rotatable bonds is 2. The molecule has 3 rings (SSSR count). The molecule has 1 saturated carbocycles. The molecule has 1 aliphatic carbocycles. The van der Waals surface area contributed by atoms with Crippen LogP contribution in [0.2, 0.25) is 0 Å². The van der Waals surface area contributed by atoms with Gasteiger partial charge in [0.15, 0.2) is 0 Å². The van der Waals surface area contributed by atoms with Crippen LogP contribution in [0.5, 0.6) is 0 Å². The number of hydrogen-bond donors (Lipinski definition) is 0. The second-order valence-corrected chi connectivity index (χ2v) is 4.70. The quantitative estimate of drug-likeness (QED) is 0.746.